The van der Waals surface area contributed by atoms with Gasteiger partial charge in [0.25, 0.3) is 5.91 Å². The average molecular weight is 303 g/mol. The van der Waals surface area contributed by atoms with Crippen molar-refractivity contribution in [1.82, 2.24) is 9.88 Å². The summed E-state index contributed by atoms with van der Waals surface area (Å²) in [5.41, 5.74) is 0.638. The van der Waals surface area contributed by atoms with Crippen molar-refractivity contribution < 1.29 is 9.53 Å². The molecule has 0 saturated heterocycles. The Morgan fingerprint density at radius 2 is 2.24 bits per heavy atom. The summed E-state index contributed by atoms with van der Waals surface area (Å²) >= 11 is 3.35. The molecule has 1 amide bonds. The molecule has 0 aliphatic carbocycles. The molecule has 1 N–H and O–H groups in total. The second-order valence-corrected chi connectivity index (χ2v) is 5.35. The Morgan fingerprint density at radius 3 is 2.65 bits per heavy atom. The molecule has 96 valence electrons. The number of ether oxygens (including phenoxy) is 1. The summed E-state index contributed by atoms with van der Waals surface area (Å²) in [5, 5.41) is 2.98. The lowest BCUT2D eigenvalue weighted by Gasteiger charge is -2.21. The minimum atomic E-state index is -0.0750. The molecule has 17 heavy (non-hydrogen) atoms. The van der Waals surface area contributed by atoms with Crippen molar-refractivity contribution in [2.75, 3.05) is 13.7 Å². The summed E-state index contributed by atoms with van der Waals surface area (Å²) in [4.78, 5) is 12.1. The lowest BCUT2D eigenvalue weighted by Crippen LogP contribution is -2.42. The van der Waals surface area contributed by atoms with Crippen molar-refractivity contribution in [3.05, 3.63) is 22.4 Å². The fraction of sp³-hybridized carbons (Fsp3) is 0.583. The number of hydrogen-bond acceptors (Lipinski definition) is 2. The first kappa shape index (κ1) is 14.3. The summed E-state index contributed by atoms with van der Waals surface area (Å²) in [6.45, 7) is 4.64. The number of rotatable bonds is 5. The molecule has 0 saturated carbocycles. The molecular weight excluding hydrogens is 284 g/mol. The summed E-state index contributed by atoms with van der Waals surface area (Å²) in [6.07, 6.45) is 1.86. The largest absolute Gasteiger partial charge is 0.383 e. The first-order chi connectivity index (χ1) is 7.95. The molecule has 0 radical (unpaired) electrons. The van der Waals surface area contributed by atoms with Crippen molar-refractivity contribution in [2.45, 2.75) is 19.9 Å². The van der Waals surface area contributed by atoms with Crippen LogP contribution in [0.4, 0.5) is 0 Å². The van der Waals surface area contributed by atoms with Crippen LogP contribution >= 0.6 is 15.9 Å². The first-order valence-electron chi connectivity index (χ1n) is 5.57. The van der Waals surface area contributed by atoms with E-state index in [-0.39, 0.29) is 11.9 Å². The molecule has 0 spiro atoms. The van der Waals surface area contributed by atoms with Crippen molar-refractivity contribution >= 4 is 21.8 Å². The van der Waals surface area contributed by atoms with E-state index in [1.807, 2.05) is 13.2 Å². The van der Waals surface area contributed by atoms with Gasteiger partial charge in [0, 0.05) is 24.8 Å². The number of aryl methyl sites for hydroxylation is 1. The monoisotopic (exact) mass is 302 g/mol. The Labute approximate surface area is 110 Å². The Kier molecular flexibility index (Phi) is 5.21. The van der Waals surface area contributed by atoms with E-state index in [4.69, 9.17) is 4.74 Å². The van der Waals surface area contributed by atoms with Crippen LogP contribution < -0.4 is 5.32 Å². The van der Waals surface area contributed by atoms with Gasteiger partial charge in [-0.1, -0.05) is 13.8 Å². The zero-order valence-electron chi connectivity index (χ0n) is 10.7. The quantitative estimate of drug-likeness (QED) is 0.906. The van der Waals surface area contributed by atoms with Crippen LogP contribution in [0.1, 0.15) is 24.3 Å². The number of aromatic nitrogens is 1. The molecule has 1 aromatic heterocycles. The van der Waals surface area contributed by atoms with Crippen LogP contribution in [0.25, 0.3) is 0 Å². The third-order valence-electron chi connectivity index (χ3n) is 2.67. The van der Waals surface area contributed by atoms with Gasteiger partial charge in [0.2, 0.25) is 0 Å². The summed E-state index contributed by atoms with van der Waals surface area (Å²) in [7, 11) is 3.49. The van der Waals surface area contributed by atoms with Crippen LogP contribution in [0.15, 0.2) is 16.7 Å². The van der Waals surface area contributed by atoms with Gasteiger partial charge in [0.05, 0.1) is 12.6 Å². The molecule has 0 aliphatic heterocycles. The Bertz CT molecular complexity index is 388. The fourth-order valence-electron chi connectivity index (χ4n) is 1.57. The van der Waals surface area contributed by atoms with Crippen LogP contribution in [0.2, 0.25) is 0 Å². The molecule has 0 fully saturated rings. The maximum absolute atomic E-state index is 12.1. The number of nitrogens with one attached hydrogen (secondary N) is 1. The molecular formula is C12H19BrN2O2. The van der Waals surface area contributed by atoms with Crippen molar-refractivity contribution in [2.24, 2.45) is 13.0 Å². The lowest BCUT2D eigenvalue weighted by atomic mass is 10.1. The number of hydrogen-bond donors (Lipinski definition) is 1. The van der Waals surface area contributed by atoms with E-state index < -0.39 is 0 Å². The molecule has 0 aliphatic rings. The number of nitrogens with zero attached hydrogens (tertiary/aromatic N) is 1. The molecule has 1 heterocycles. The van der Waals surface area contributed by atoms with Gasteiger partial charge in [-0.3, -0.25) is 4.79 Å². The second-order valence-electron chi connectivity index (χ2n) is 4.43. The van der Waals surface area contributed by atoms with Crippen molar-refractivity contribution in [3.8, 4) is 0 Å². The van der Waals surface area contributed by atoms with Crippen molar-refractivity contribution in [1.29, 1.82) is 0 Å². The van der Waals surface area contributed by atoms with Gasteiger partial charge >= 0.3 is 0 Å². The normalized spacial score (nSPS) is 12.8. The van der Waals surface area contributed by atoms with E-state index in [0.717, 1.165) is 4.47 Å². The van der Waals surface area contributed by atoms with Crippen LogP contribution in [-0.4, -0.2) is 30.2 Å². The van der Waals surface area contributed by atoms with E-state index in [9.17, 15) is 4.79 Å². The maximum Gasteiger partial charge on any atom is 0.268 e. The molecule has 5 heteroatoms. The highest BCUT2D eigenvalue weighted by Gasteiger charge is 2.18. The number of carbonyl (C=O) groups excluding carboxylic acids is 1. The van der Waals surface area contributed by atoms with Gasteiger partial charge in [-0.2, -0.15) is 0 Å². The minimum Gasteiger partial charge on any atom is -0.383 e. The van der Waals surface area contributed by atoms with Crippen LogP contribution in [0, 0.1) is 5.92 Å². The highest BCUT2D eigenvalue weighted by molar-refractivity contribution is 9.10. The minimum absolute atomic E-state index is 0.0289. The topological polar surface area (TPSA) is 43.3 Å². The fourth-order valence-corrected chi connectivity index (χ4v) is 2.10. The zero-order valence-corrected chi connectivity index (χ0v) is 12.2. The third-order valence-corrected chi connectivity index (χ3v) is 3.11. The molecule has 0 aromatic carbocycles. The van der Waals surface area contributed by atoms with Gasteiger partial charge in [-0.15, -0.1) is 0 Å². The van der Waals surface area contributed by atoms with Crippen LogP contribution in [0.3, 0.4) is 0 Å². The van der Waals surface area contributed by atoms with E-state index in [0.29, 0.717) is 18.2 Å². The molecule has 0 bridgehead atoms. The Morgan fingerprint density at radius 1 is 1.59 bits per heavy atom. The van der Waals surface area contributed by atoms with E-state index in [1.54, 1.807) is 17.7 Å². The Hall–Kier alpha value is -0.810. The number of carbonyl (C=O) groups is 1. The summed E-state index contributed by atoms with van der Waals surface area (Å²) in [5.74, 6) is 0.261. The molecule has 1 atom stereocenters. The standard InChI is InChI=1S/C12H19BrN2O2/c1-8(2)10(7-17-4)14-12(16)11-5-9(13)6-15(11)3/h5-6,8,10H,7H2,1-4H3,(H,14,16). The number of amides is 1. The predicted molar refractivity (Wildman–Crippen MR) is 71.1 cm³/mol. The second kappa shape index (κ2) is 6.21. The van der Waals surface area contributed by atoms with E-state index in [2.05, 4.69) is 35.1 Å². The van der Waals surface area contributed by atoms with Gasteiger partial charge in [-0.25, -0.2) is 0 Å². The van der Waals surface area contributed by atoms with Gasteiger partial charge in [-0.05, 0) is 27.9 Å². The highest BCUT2D eigenvalue weighted by Crippen LogP contribution is 2.14. The lowest BCUT2D eigenvalue weighted by molar-refractivity contribution is 0.0858. The van der Waals surface area contributed by atoms with E-state index in [1.165, 1.54) is 0 Å². The van der Waals surface area contributed by atoms with Gasteiger partial charge in [0.15, 0.2) is 0 Å². The summed E-state index contributed by atoms with van der Waals surface area (Å²) < 4.78 is 7.80. The van der Waals surface area contributed by atoms with Crippen LogP contribution in [-0.2, 0) is 11.8 Å². The van der Waals surface area contributed by atoms with Crippen LogP contribution in [0.5, 0.6) is 0 Å². The van der Waals surface area contributed by atoms with Gasteiger partial charge < -0.3 is 14.6 Å². The number of methoxy groups -OCH3 is 1. The van der Waals surface area contributed by atoms with Gasteiger partial charge in [0.1, 0.15) is 5.69 Å². The number of halogens is 1. The molecule has 1 rings (SSSR count). The Balaban J connectivity index is 2.73. The summed E-state index contributed by atoms with van der Waals surface area (Å²) in [6, 6.07) is 1.83. The maximum atomic E-state index is 12.1. The predicted octanol–water partition coefficient (Wildman–Crippen LogP) is 2.19. The zero-order chi connectivity index (χ0) is 13.0. The first-order valence-corrected chi connectivity index (χ1v) is 6.36. The third kappa shape index (κ3) is 3.85. The van der Waals surface area contributed by atoms with Crippen molar-refractivity contribution in [3.63, 3.8) is 0 Å². The molecule has 1 unspecified atom stereocenters. The smallest absolute Gasteiger partial charge is 0.268 e. The molecule has 4 nitrogen and oxygen atoms in total. The SMILES string of the molecule is COCC(NC(=O)c1cc(Br)cn1C)C(C)C. The highest BCUT2D eigenvalue weighted by atomic mass is 79.9. The molecule has 1 aromatic rings. The average Bonchev–Trinajstić information content (AvgIpc) is 2.57. The van der Waals surface area contributed by atoms with E-state index >= 15 is 0 Å².